The Balaban J connectivity index is -0.000000233. The summed E-state index contributed by atoms with van der Waals surface area (Å²) in [5.41, 5.74) is 5.20. The van der Waals surface area contributed by atoms with E-state index in [4.69, 9.17) is 35.7 Å². The van der Waals surface area contributed by atoms with Crippen LogP contribution in [0.25, 0.3) is 0 Å². The maximum absolute atomic E-state index is 12.3. The van der Waals surface area contributed by atoms with E-state index in [1.807, 2.05) is 0 Å². The second-order valence-corrected chi connectivity index (χ2v) is 7.53. The number of halogens is 4. The molecule has 10 nitrogen and oxygen atoms in total. The average Bonchev–Trinajstić information content (AvgIpc) is 2.59. The molecule has 0 aliphatic heterocycles. The fourth-order valence-electron chi connectivity index (χ4n) is 1.30. The lowest BCUT2D eigenvalue weighted by atomic mass is 10.2. The van der Waals surface area contributed by atoms with E-state index in [0.29, 0.717) is 5.69 Å². The lowest BCUT2D eigenvalue weighted by Gasteiger charge is -2.08. The van der Waals surface area contributed by atoms with Gasteiger partial charge in [-0.3, -0.25) is 0 Å². The SMILES string of the molecule is CC(C)C.CC(C)C.Cl.Nc1ccnc(Nc2ccc(C(F)(F)F)cc2)n1.O=C(O)O.O=C(O)O. The first kappa shape index (κ1) is 38.8. The summed E-state index contributed by atoms with van der Waals surface area (Å²) >= 11 is 0. The van der Waals surface area contributed by atoms with Crippen molar-refractivity contribution < 1.29 is 43.2 Å². The molecule has 1 heterocycles. The van der Waals surface area contributed by atoms with E-state index >= 15 is 0 Å². The van der Waals surface area contributed by atoms with Crippen LogP contribution in [0.2, 0.25) is 0 Å². The molecule has 0 saturated carbocycles. The van der Waals surface area contributed by atoms with E-state index in [0.717, 1.165) is 24.0 Å². The maximum atomic E-state index is 12.3. The summed E-state index contributed by atoms with van der Waals surface area (Å²) in [5.74, 6) is 2.18. The van der Waals surface area contributed by atoms with Crippen molar-refractivity contribution in [3.05, 3.63) is 42.1 Å². The number of hydrogen-bond acceptors (Lipinski definition) is 6. The summed E-state index contributed by atoms with van der Waals surface area (Å²) < 4.78 is 37.0. The van der Waals surface area contributed by atoms with Gasteiger partial charge in [-0.05, 0) is 42.2 Å². The number of benzene rings is 1. The minimum Gasteiger partial charge on any atom is -0.450 e. The largest absolute Gasteiger partial charge is 0.503 e. The molecule has 0 unspecified atom stereocenters. The van der Waals surface area contributed by atoms with E-state index < -0.39 is 24.1 Å². The van der Waals surface area contributed by atoms with E-state index in [9.17, 15) is 13.2 Å². The molecule has 0 saturated heterocycles. The van der Waals surface area contributed by atoms with Crippen LogP contribution in [0.1, 0.15) is 47.1 Å². The highest BCUT2D eigenvalue weighted by molar-refractivity contribution is 5.85. The zero-order chi connectivity index (χ0) is 27.5. The molecule has 202 valence electrons. The third kappa shape index (κ3) is 35.3. The summed E-state index contributed by atoms with van der Waals surface area (Å²) in [6, 6.07) is 6.08. The van der Waals surface area contributed by atoms with Crippen LogP contribution in [0, 0.1) is 11.8 Å². The topological polar surface area (TPSA) is 179 Å². The van der Waals surface area contributed by atoms with Gasteiger partial charge in [-0.25, -0.2) is 14.6 Å². The Bertz CT molecular complexity index is 792. The number of alkyl halides is 3. The van der Waals surface area contributed by atoms with Crippen molar-refractivity contribution in [2.45, 2.75) is 47.7 Å². The van der Waals surface area contributed by atoms with Crippen LogP contribution in [0.4, 0.5) is 40.2 Å². The molecule has 0 amide bonds. The number of nitrogens with two attached hydrogens (primary N) is 1. The molecule has 35 heavy (non-hydrogen) atoms. The summed E-state index contributed by atoms with van der Waals surface area (Å²) in [6.45, 7) is 13.0. The standard InChI is InChI=1S/C11H9F3N4.2C4H10.2CH2O3.ClH/c12-11(13,14)7-1-3-8(4-2-7)17-10-16-6-5-9(15)18-10;2*1-4(2)3;2*2-1(3)4;/h1-6H,(H3,15,16,17,18);2*4H,1-3H3;2*(H2,2,3,4);1H. The van der Waals surface area contributed by atoms with Gasteiger partial charge in [0.05, 0.1) is 5.56 Å². The van der Waals surface area contributed by atoms with Gasteiger partial charge in [0.1, 0.15) is 5.82 Å². The molecule has 2 aromatic rings. The number of nitrogen functional groups attached to an aromatic ring is 1. The number of anilines is 3. The number of rotatable bonds is 2. The highest BCUT2D eigenvalue weighted by Crippen LogP contribution is 2.30. The smallest absolute Gasteiger partial charge is 0.450 e. The van der Waals surface area contributed by atoms with Crippen LogP contribution in [-0.2, 0) is 6.18 Å². The first-order valence-corrected chi connectivity index (χ1v) is 9.74. The Morgan fingerprint density at radius 2 is 1.20 bits per heavy atom. The Hall–Kier alpha value is -3.48. The third-order valence-corrected chi connectivity index (χ3v) is 2.15. The number of aromatic nitrogens is 2. The van der Waals surface area contributed by atoms with Gasteiger partial charge in [-0.15, -0.1) is 12.4 Å². The Morgan fingerprint density at radius 1 is 0.857 bits per heavy atom. The van der Waals surface area contributed by atoms with Crippen LogP contribution < -0.4 is 11.1 Å². The predicted molar refractivity (Wildman–Crippen MR) is 131 cm³/mol. The number of hydrogen-bond donors (Lipinski definition) is 6. The van der Waals surface area contributed by atoms with Gasteiger partial charge >= 0.3 is 18.5 Å². The third-order valence-electron chi connectivity index (χ3n) is 2.15. The van der Waals surface area contributed by atoms with E-state index in [1.165, 1.54) is 24.4 Å². The molecule has 0 bridgehead atoms. The molecule has 0 radical (unpaired) electrons. The lowest BCUT2D eigenvalue weighted by molar-refractivity contribution is -0.137. The Kier molecular flexibility index (Phi) is 23.3. The van der Waals surface area contributed by atoms with Crippen LogP contribution in [0.5, 0.6) is 0 Å². The van der Waals surface area contributed by atoms with Crippen molar-refractivity contribution in [1.29, 1.82) is 0 Å². The summed E-state index contributed by atoms with van der Waals surface area (Å²) in [4.78, 5) is 24.9. The van der Waals surface area contributed by atoms with Crippen molar-refractivity contribution in [2.75, 3.05) is 11.1 Å². The van der Waals surface area contributed by atoms with Gasteiger partial charge in [-0.2, -0.15) is 18.2 Å². The zero-order valence-electron chi connectivity index (χ0n) is 20.2. The number of carboxylic acid groups (broad SMARTS) is 4. The molecule has 1 aromatic carbocycles. The quantitative estimate of drug-likeness (QED) is 0.236. The van der Waals surface area contributed by atoms with Gasteiger partial charge in [0.15, 0.2) is 0 Å². The number of nitrogens with one attached hydrogen (secondary N) is 1. The fraction of sp³-hybridized carbons (Fsp3) is 0.429. The molecular formula is C21H34ClF3N4O6. The molecule has 0 aliphatic carbocycles. The van der Waals surface area contributed by atoms with Crippen LogP contribution in [-0.4, -0.2) is 42.7 Å². The second-order valence-electron chi connectivity index (χ2n) is 7.53. The van der Waals surface area contributed by atoms with Crippen LogP contribution in [0.15, 0.2) is 36.5 Å². The molecule has 0 spiro atoms. The van der Waals surface area contributed by atoms with Crippen molar-refractivity contribution in [2.24, 2.45) is 11.8 Å². The van der Waals surface area contributed by atoms with Gasteiger partial charge < -0.3 is 31.5 Å². The predicted octanol–water partition coefficient (Wildman–Crippen LogP) is 7.01. The summed E-state index contributed by atoms with van der Waals surface area (Å²) in [5, 5.41) is 30.6. The zero-order valence-corrected chi connectivity index (χ0v) is 21.1. The Labute approximate surface area is 208 Å². The number of nitrogens with zero attached hydrogens (tertiary/aromatic N) is 2. The first-order chi connectivity index (χ1) is 15.4. The van der Waals surface area contributed by atoms with E-state index in [2.05, 4.69) is 56.8 Å². The van der Waals surface area contributed by atoms with Gasteiger partial charge in [0, 0.05) is 11.9 Å². The van der Waals surface area contributed by atoms with Gasteiger partial charge in [0.2, 0.25) is 5.95 Å². The van der Waals surface area contributed by atoms with Crippen molar-refractivity contribution in [3.8, 4) is 0 Å². The lowest BCUT2D eigenvalue weighted by Crippen LogP contribution is -2.05. The molecule has 0 atom stereocenters. The van der Waals surface area contributed by atoms with E-state index in [-0.39, 0.29) is 24.2 Å². The molecule has 2 rings (SSSR count). The number of carbonyl (C=O) groups is 2. The summed E-state index contributed by atoms with van der Waals surface area (Å²) in [6.07, 6.45) is -6.55. The normalized spacial score (nSPS) is 9.23. The molecular weight excluding hydrogens is 497 g/mol. The summed E-state index contributed by atoms with van der Waals surface area (Å²) in [7, 11) is 0. The maximum Gasteiger partial charge on any atom is 0.503 e. The van der Waals surface area contributed by atoms with Crippen molar-refractivity contribution >= 4 is 42.2 Å². The molecule has 0 fully saturated rings. The van der Waals surface area contributed by atoms with Gasteiger partial charge in [0.25, 0.3) is 0 Å². The van der Waals surface area contributed by atoms with Crippen LogP contribution in [0.3, 0.4) is 0 Å². The highest BCUT2D eigenvalue weighted by Gasteiger charge is 2.29. The molecule has 14 heteroatoms. The molecule has 7 N–H and O–H groups in total. The second kappa shape index (κ2) is 21.1. The van der Waals surface area contributed by atoms with Crippen molar-refractivity contribution in [3.63, 3.8) is 0 Å². The van der Waals surface area contributed by atoms with E-state index in [1.54, 1.807) is 0 Å². The average molecular weight is 531 g/mol. The molecule has 0 aliphatic rings. The minimum absolute atomic E-state index is 0. The van der Waals surface area contributed by atoms with Crippen molar-refractivity contribution in [1.82, 2.24) is 9.97 Å². The minimum atomic E-state index is -4.34. The molecule has 1 aromatic heterocycles. The van der Waals surface area contributed by atoms with Gasteiger partial charge in [-0.1, -0.05) is 41.5 Å². The van der Waals surface area contributed by atoms with Crippen LogP contribution >= 0.6 is 12.4 Å². The monoisotopic (exact) mass is 530 g/mol. The highest BCUT2D eigenvalue weighted by atomic mass is 35.5. The Morgan fingerprint density at radius 3 is 1.49 bits per heavy atom. The first-order valence-electron chi connectivity index (χ1n) is 9.74. The fourth-order valence-corrected chi connectivity index (χ4v) is 1.30.